The van der Waals surface area contributed by atoms with E-state index >= 15 is 0 Å². The summed E-state index contributed by atoms with van der Waals surface area (Å²) in [6, 6.07) is 8.25. The fourth-order valence-electron chi connectivity index (χ4n) is 2.16. The smallest absolute Gasteiger partial charge is 0.0459 e. The first kappa shape index (κ1) is 11.2. The molecule has 2 atom stereocenters. The van der Waals surface area contributed by atoms with Crippen LogP contribution >= 0.6 is 0 Å². The Balaban J connectivity index is 2.54. The number of benzene rings is 1. The van der Waals surface area contributed by atoms with Gasteiger partial charge in [0.1, 0.15) is 0 Å². The van der Waals surface area contributed by atoms with Gasteiger partial charge in [-0.2, -0.15) is 0 Å². The molecule has 16 heavy (non-hydrogen) atoms. The molecule has 5 N–H and O–H groups in total. The Labute approximate surface area is 95.8 Å². The van der Waals surface area contributed by atoms with Crippen molar-refractivity contribution < 1.29 is 0 Å². The average molecular weight is 217 g/mol. The van der Waals surface area contributed by atoms with Crippen LogP contribution in [0.2, 0.25) is 0 Å². The summed E-state index contributed by atoms with van der Waals surface area (Å²) in [6.45, 7) is 4.77. The standard InChI is InChI=1S/C13H19N3/c1-8(7-14)13(15)12-9(2)16-11-6-4-3-5-10(11)12/h3-6,8,13,16H,7,14-15H2,1-2H3. The molecule has 0 aliphatic carbocycles. The number of aromatic amines is 1. The van der Waals surface area contributed by atoms with Gasteiger partial charge in [-0.3, -0.25) is 0 Å². The zero-order valence-electron chi connectivity index (χ0n) is 9.83. The van der Waals surface area contributed by atoms with Crippen LogP contribution in [-0.4, -0.2) is 11.5 Å². The molecule has 0 spiro atoms. The highest BCUT2D eigenvalue weighted by Crippen LogP contribution is 2.29. The largest absolute Gasteiger partial charge is 0.358 e. The van der Waals surface area contributed by atoms with E-state index in [-0.39, 0.29) is 12.0 Å². The third-order valence-electron chi connectivity index (χ3n) is 3.26. The number of hydrogen-bond donors (Lipinski definition) is 3. The SMILES string of the molecule is Cc1[nH]c2ccccc2c1C(N)C(C)CN. The first-order valence-electron chi connectivity index (χ1n) is 5.68. The molecular formula is C13H19N3. The Hall–Kier alpha value is -1.32. The van der Waals surface area contributed by atoms with Crippen LogP contribution < -0.4 is 11.5 Å². The molecule has 0 aliphatic rings. The average Bonchev–Trinajstić information content (AvgIpc) is 2.63. The molecule has 3 heteroatoms. The van der Waals surface area contributed by atoms with Gasteiger partial charge in [0.25, 0.3) is 0 Å². The quantitative estimate of drug-likeness (QED) is 0.736. The minimum atomic E-state index is 0.00106. The maximum atomic E-state index is 6.26. The lowest BCUT2D eigenvalue weighted by molar-refractivity contribution is 0.482. The zero-order chi connectivity index (χ0) is 11.7. The highest BCUT2D eigenvalue weighted by molar-refractivity contribution is 5.85. The number of aromatic nitrogens is 1. The van der Waals surface area contributed by atoms with Crippen LogP contribution in [0.1, 0.15) is 24.2 Å². The molecule has 2 aromatic rings. The van der Waals surface area contributed by atoms with E-state index in [9.17, 15) is 0 Å². The van der Waals surface area contributed by atoms with Gasteiger partial charge in [0, 0.05) is 22.6 Å². The number of nitrogens with two attached hydrogens (primary N) is 2. The highest BCUT2D eigenvalue weighted by atomic mass is 14.8. The van der Waals surface area contributed by atoms with Crippen molar-refractivity contribution in [2.24, 2.45) is 17.4 Å². The van der Waals surface area contributed by atoms with Crippen molar-refractivity contribution in [3.05, 3.63) is 35.5 Å². The summed E-state index contributed by atoms with van der Waals surface area (Å²) in [6.07, 6.45) is 0. The second kappa shape index (κ2) is 4.28. The van der Waals surface area contributed by atoms with E-state index in [0.717, 1.165) is 11.2 Å². The summed E-state index contributed by atoms with van der Waals surface area (Å²) < 4.78 is 0. The second-order valence-corrected chi connectivity index (χ2v) is 4.45. The molecule has 0 aliphatic heterocycles. The maximum absolute atomic E-state index is 6.26. The Kier molecular flexibility index (Phi) is 2.99. The normalized spacial score (nSPS) is 15.2. The Morgan fingerprint density at radius 3 is 2.69 bits per heavy atom. The molecule has 0 saturated carbocycles. The number of nitrogens with one attached hydrogen (secondary N) is 1. The minimum Gasteiger partial charge on any atom is -0.358 e. The van der Waals surface area contributed by atoms with Gasteiger partial charge in [-0.1, -0.05) is 25.1 Å². The second-order valence-electron chi connectivity index (χ2n) is 4.45. The predicted octanol–water partition coefficient (Wildman–Crippen LogP) is 2.07. The molecule has 3 nitrogen and oxygen atoms in total. The molecule has 2 rings (SSSR count). The lowest BCUT2D eigenvalue weighted by Crippen LogP contribution is -2.25. The van der Waals surface area contributed by atoms with Crippen LogP contribution in [0.4, 0.5) is 0 Å². The number of para-hydroxylation sites is 1. The number of H-pyrrole nitrogens is 1. The van der Waals surface area contributed by atoms with Crippen molar-refractivity contribution in [1.82, 2.24) is 4.98 Å². The maximum Gasteiger partial charge on any atom is 0.0459 e. The summed E-state index contributed by atoms with van der Waals surface area (Å²) in [7, 11) is 0. The lowest BCUT2D eigenvalue weighted by atomic mass is 9.93. The molecule has 0 amide bonds. The van der Waals surface area contributed by atoms with Crippen molar-refractivity contribution in [3.8, 4) is 0 Å². The van der Waals surface area contributed by atoms with Crippen molar-refractivity contribution in [2.75, 3.05) is 6.54 Å². The molecule has 0 saturated heterocycles. The Morgan fingerprint density at radius 1 is 1.31 bits per heavy atom. The van der Waals surface area contributed by atoms with E-state index in [0.29, 0.717) is 6.54 Å². The molecule has 1 heterocycles. The molecule has 0 fully saturated rings. The number of fused-ring (bicyclic) bond motifs is 1. The van der Waals surface area contributed by atoms with E-state index in [1.54, 1.807) is 0 Å². The number of aryl methyl sites for hydroxylation is 1. The first-order valence-corrected chi connectivity index (χ1v) is 5.68. The van der Waals surface area contributed by atoms with E-state index in [4.69, 9.17) is 11.5 Å². The van der Waals surface area contributed by atoms with Gasteiger partial charge in [0.2, 0.25) is 0 Å². The lowest BCUT2D eigenvalue weighted by Gasteiger charge is -2.18. The highest BCUT2D eigenvalue weighted by Gasteiger charge is 2.19. The van der Waals surface area contributed by atoms with Gasteiger partial charge in [0.15, 0.2) is 0 Å². The van der Waals surface area contributed by atoms with Gasteiger partial charge >= 0.3 is 0 Å². The van der Waals surface area contributed by atoms with E-state index < -0.39 is 0 Å². The summed E-state index contributed by atoms with van der Waals surface area (Å²) >= 11 is 0. The topological polar surface area (TPSA) is 67.8 Å². The van der Waals surface area contributed by atoms with Crippen molar-refractivity contribution >= 4 is 10.9 Å². The van der Waals surface area contributed by atoms with Gasteiger partial charge in [-0.25, -0.2) is 0 Å². The molecule has 1 aromatic heterocycles. The van der Waals surface area contributed by atoms with Gasteiger partial charge in [-0.15, -0.1) is 0 Å². The summed E-state index contributed by atoms with van der Waals surface area (Å²) in [5, 5.41) is 1.22. The summed E-state index contributed by atoms with van der Waals surface area (Å²) in [5.74, 6) is 0.290. The molecule has 0 bridgehead atoms. The number of hydrogen-bond acceptors (Lipinski definition) is 2. The third-order valence-corrected chi connectivity index (χ3v) is 3.26. The third kappa shape index (κ3) is 1.72. The first-order chi connectivity index (χ1) is 7.65. The van der Waals surface area contributed by atoms with Crippen molar-refractivity contribution in [1.29, 1.82) is 0 Å². The Morgan fingerprint density at radius 2 is 2.00 bits per heavy atom. The summed E-state index contributed by atoms with van der Waals surface area (Å²) in [5.41, 5.74) is 15.4. The van der Waals surface area contributed by atoms with E-state index in [1.165, 1.54) is 10.9 Å². The van der Waals surface area contributed by atoms with E-state index in [1.807, 2.05) is 12.1 Å². The summed E-state index contributed by atoms with van der Waals surface area (Å²) in [4.78, 5) is 3.37. The molecule has 2 unspecified atom stereocenters. The van der Waals surface area contributed by atoms with E-state index in [2.05, 4.69) is 31.0 Å². The van der Waals surface area contributed by atoms with Gasteiger partial charge in [-0.05, 0) is 31.0 Å². The molecular weight excluding hydrogens is 198 g/mol. The van der Waals surface area contributed by atoms with Gasteiger partial charge < -0.3 is 16.5 Å². The van der Waals surface area contributed by atoms with Crippen LogP contribution in [0.3, 0.4) is 0 Å². The monoisotopic (exact) mass is 217 g/mol. The van der Waals surface area contributed by atoms with Crippen molar-refractivity contribution in [2.45, 2.75) is 19.9 Å². The van der Waals surface area contributed by atoms with Crippen LogP contribution in [-0.2, 0) is 0 Å². The predicted molar refractivity (Wildman–Crippen MR) is 68.2 cm³/mol. The Bertz CT molecular complexity index is 487. The van der Waals surface area contributed by atoms with Crippen LogP contribution in [0, 0.1) is 12.8 Å². The van der Waals surface area contributed by atoms with Crippen molar-refractivity contribution in [3.63, 3.8) is 0 Å². The molecule has 86 valence electrons. The van der Waals surface area contributed by atoms with Gasteiger partial charge in [0.05, 0.1) is 0 Å². The fraction of sp³-hybridized carbons (Fsp3) is 0.385. The molecule has 1 aromatic carbocycles. The van der Waals surface area contributed by atoms with Crippen LogP contribution in [0.5, 0.6) is 0 Å². The van der Waals surface area contributed by atoms with Crippen LogP contribution in [0.25, 0.3) is 10.9 Å². The minimum absolute atomic E-state index is 0.00106. The van der Waals surface area contributed by atoms with Crippen LogP contribution in [0.15, 0.2) is 24.3 Å². The fourth-order valence-corrected chi connectivity index (χ4v) is 2.16. The number of rotatable bonds is 3. The zero-order valence-corrected chi connectivity index (χ0v) is 9.83. The molecule has 0 radical (unpaired) electrons.